The third kappa shape index (κ3) is 6.61. The highest BCUT2D eigenvalue weighted by Crippen LogP contribution is 2.11. The van der Waals surface area contributed by atoms with Crippen LogP contribution >= 0.6 is 0 Å². The molecule has 5 nitrogen and oxygen atoms in total. The summed E-state index contributed by atoms with van der Waals surface area (Å²) in [6.07, 6.45) is -0.607. The lowest BCUT2D eigenvalue weighted by Crippen LogP contribution is -2.38. The summed E-state index contributed by atoms with van der Waals surface area (Å²) in [5, 5.41) is 11.9. The lowest BCUT2D eigenvalue weighted by molar-refractivity contribution is -0.260. The van der Waals surface area contributed by atoms with Crippen molar-refractivity contribution in [2.45, 2.75) is 52.8 Å². The average molecular weight is 304 g/mol. The van der Waals surface area contributed by atoms with Crippen molar-refractivity contribution in [2.75, 3.05) is 0 Å². The highest BCUT2D eigenvalue weighted by molar-refractivity contribution is 5.87. The van der Waals surface area contributed by atoms with Gasteiger partial charge < -0.3 is 15.6 Å². The van der Waals surface area contributed by atoms with Gasteiger partial charge in [0, 0.05) is 5.60 Å². The van der Waals surface area contributed by atoms with E-state index in [0.29, 0.717) is 12.4 Å². The highest BCUT2D eigenvalue weighted by Gasteiger charge is 2.17. The number of rotatable bonds is 5. The number of hydrogen-bond donors (Lipinski definition) is 1. The molecule has 22 heavy (non-hydrogen) atoms. The number of nitrogens with two attached hydrogens (primary N) is 1. The topological polar surface area (TPSA) is 83.0 Å². The van der Waals surface area contributed by atoms with Crippen molar-refractivity contribution in [1.82, 2.24) is 0 Å². The van der Waals surface area contributed by atoms with Crippen LogP contribution in [0.4, 0.5) is 0 Å². The minimum Gasteiger partial charge on any atom is -0.595 e. The van der Waals surface area contributed by atoms with Crippen molar-refractivity contribution in [1.29, 1.82) is 0 Å². The van der Waals surface area contributed by atoms with E-state index in [4.69, 9.17) is 10.5 Å². The molecular weight excluding hydrogens is 278 g/mol. The second-order valence-corrected chi connectivity index (χ2v) is 6.52. The molecule has 0 aromatic heterocycles. The lowest BCUT2D eigenvalue weighted by Gasteiger charge is -2.30. The van der Waals surface area contributed by atoms with Gasteiger partial charge in [0.25, 0.3) is 0 Å². The molecule has 0 aliphatic carbocycles. The highest BCUT2D eigenvalue weighted by atomic mass is 16.6. The second-order valence-electron chi connectivity index (χ2n) is 6.52. The quantitative estimate of drug-likeness (QED) is 0.668. The van der Waals surface area contributed by atoms with Gasteiger partial charge in [0.1, 0.15) is 18.0 Å². The number of nitrogens with zero attached hydrogens (tertiary/aromatic N) is 2. The molecule has 0 saturated carbocycles. The Hall–Kier alpha value is -2.04. The van der Waals surface area contributed by atoms with E-state index in [-0.39, 0.29) is 5.92 Å². The summed E-state index contributed by atoms with van der Waals surface area (Å²) < 4.78 is 5.22. The molecule has 0 aliphatic rings. The minimum atomic E-state index is -0.607. The maximum absolute atomic E-state index is 11.9. The first-order chi connectivity index (χ1) is 10.2. The summed E-state index contributed by atoms with van der Waals surface area (Å²) in [5.74, 6) is 0.414. The summed E-state index contributed by atoms with van der Waals surface area (Å²) in [7, 11) is 0. The van der Waals surface area contributed by atoms with Gasteiger partial charge in [-0.25, -0.2) is 0 Å². The predicted octanol–water partition coefficient (Wildman–Crippen LogP) is 2.10. The van der Waals surface area contributed by atoms with Crippen LogP contribution in [0.15, 0.2) is 40.3 Å². The molecule has 0 aliphatic heterocycles. The number of hydrogen-bond acceptors (Lipinski definition) is 4. The summed E-state index contributed by atoms with van der Waals surface area (Å²) in [5.41, 5.74) is 6.52. The molecule has 0 heterocycles. The molecular formula is C17H26N3O2-. The Morgan fingerprint density at radius 2 is 1.82 bits per heavy atom. The van der Waals surface area contributed by atoms with Crippen molar-refractivity contribution in [3.8, 4) is 0 Å². The van der Waals surface area contributed by atoms with Gasteiger partial charge in [0.05, 0.1) is 6.54 Å². The fourth-order valence-electron chi connectivity index (χ4n) is 1.82. The van der Waals surface area contributed by atoms with Crippen molar-refractivity contribution in [3.63, 3.8) is 0 Å². The molecule has 0 saturated heterocycles. The normalized spacial score (nSPS) is 15.0. The van der Waals surface area contributed by atoms with Crippen LogP contribution in [0.25, 0.3) is 0 Å². The van der Waals surface area contributed by atoms with Crippen LogP contribution in [-0.4, -0.2) is 23.6 Å². The molecule has 2 N–H and O–H groups in total. The first-order valence-corrected chi connectivity index (χ1v) is 7.46. The van der Waals surface area contributed by atoms with Gasteiger partial charge in [-0.2, -0.15) is 0 Å². The van der Waals surface area contributed by atoms with Crippen molar-refractivity contribution < 1.29 is 9.84 Å². The fourth-order valence-corrected chi connectivity index (χ4v) is 1.82. The summed E-state index contributed by atoms with van der Waals surface area (Å²) in [6.45, 7) is 9.78. The third-order valence-electron chi connectivity index (χ3n) is 2.86. The number of amidine groups is 1. The van der Waals surface area contributed by atoms with Crippen LogP contribution < -0.4 is 10.8 Å². The SMILES string of the molecule is CC(C)C(N=C([O-])OC(C)(C)C)C(N)=NCc1ccccc1. The maximum Gasteiger partial charge on any atom is 0.146 e. The molecule has 1 unspecified atom stereocenters. The summed E-state index contributed by atoms with van der Waals surface area (Å²) in [4.78, 5) is 8.42. The Balaban J connectivity index is 2.83. The third-order valence-corrected chi connectivity index (χ3v) is 2.86. The van der Waals surface area contributed by atoms with Crippen molar-refractivity contribution in [2.24, 2.45) is 21.6 Å². The van der Waals surface area contributed by atoms with Gasteiger partial charge >= 0.3 is 0 Å². The van der Waals surface area contributed by atoms with Gasteiger partial charge in [-0.3, -0.25) is 9.98 Å². The number of benzene rings is 1. The Labute approximate surface area is 132 Å². The maximum atomic E-state index is 11.9. The Morgan fingerprint density at radius 3 is 2.32 bits per heavy atom. The Kier molecular flexibility index (Phi) is 6.40. The van der Waals surface area contributed by atoms with Crippen molar-refractivity contribution >= 4 is 11.9 Å². The molecule has 5 heteroatoms. The molecule has 122 valence electrons. The van der Waals surface area contributed by atoms with Gasteiger partial charge in [-0.05, 0) is 11.5 Å². The molecule has 0 spiro atoms. The zero-order valence-corrected chi connectivity index (χ0v) is 14.0. The van der Waals surface area contributed by atoms with E-state index in [1.54, 1.807) is 20.8 Å². The van der Waals surface area contributed by atoms with Gasteiger partial charge in [-0.1, -0.05) is 65.0 Å². The summed E-state index contributed by atoms with van der Waals surface area (Å²) in [6, 6.07) is 9.33. The minimum absolute atomic E-state index is 0.0621. The Bertz CT molecular complexity index is 516. The molecule has 1 aromatic rings. The van der Waals surface area contributed by atoms with E-state index in [0.717, 1.165) is 5.56 Å². The zero-order chi connectivity index (χ0) is 16.8. The van der Waals surface area contributed by atoms with E-state index in [1.807, 2.05) is 44.2 Å². The van der Waals surface area contributed by atoms with Crippen LogP contribution in [0, 0.1) is 5.92 Å². The molecule has 0 bridgehead atoms. The van der Waals surface area contributed by atoms with Crippen LogP contribution in [0.2, 0.25) is 0 Å². The van der Waals surface area contributed by atoms with Crippen LogP contribution in [-0.2, 0) is 11.3 Å². The fraction of sp³-hybridized carbons (Fsp3) is 0.529. The zero-order valence-electron chi connectivity index (χ0n) is 14.0. The average Bonchev–Trinajstić information content (AvgIpc) is 2.41. The van der Waals surface area contributed by atoms with E-state index in [1.165, 1.54) is 0 Å². The monoisotopic (exact) mass is 304 g/mol. The second kappa shape index (κ2) is 7.82. The molecule has 0 fully saturated rings. The largest absolute Gasteiger partial charge is 0.595 e. The van der Waals surface area contributed by atoms with Crippen LogP contribution in [0.1, 0.15) is 40.2 Å². The molecule has 0 radical (unpaired) electrons. The van der Waals surface area contributed by atoms with E-state index >= 15 is 0 Å². The standard InChI is InChI=1S/C17H27N3O2/c1-12(2)14(20-16(21)22-17(3,4)5)15(18)19-11-13-9-7-6-8-10-13/h6-10,12,14H,11H2,1-5H3,(H2,18,19)(H,20,21)/p-1. The lowest BCUT2D eigenvalue weighted by atomic mass is 10.0. The van der Waals surface area contributed by atoms with Gasteiger partial charge in [0.2, 0.25) is 0 Å². The smallest absolute Gasteiger partial charge is 0.146 e. The molecule has 1 rings (SSSR count). The first-order valence-electron chi connectivity index (χ1n) is 7.46. The molecule has 1 atom stereocenters. The predicted molar refractivity (Wildman–Crippen MR) is 88.7 cm³/mol. The van der Waals surface area contributed by atoms with Crippen LogP contribution in [0.3, 0.4) is 0 Å². The van der Waals surface area contributed by atoms with E-state index in [9.17, 15) is 5.11 Å². The Morgan fingerprint density at radius 1 is 1.23 bits per heavy atom. The van der Waals surface area contributed by atoms with Crippen LogP contribution in [0.5, 0.6) is 0 Å². The molecule has 0 amide bonds. The molecule has 1 aromatic carbocycles. The van der Waals surface area contributed by atoms with Gasteiger partial charge in [-0.15, -0.1) is 0 Å². The summed E-state index contributed by atoms with van der Waals surface area (Å²) >= 11 is 0. The van der Waals surface area contributed by atoms with E-state index < -0.39 is 17.7 Å². The first kappa shape index (κ1) is 18.0. The van der Waals surface area contributed by atoms with Gasteiger partial charge in [0.15, 0.2) is 0 Å². The van der Waals surface area contributed by atoms with E-state index in [2.05, 4.69) is 9.98 Å². The number of aliphatic imine (C=N–C) groups is 2. The number of ether oxygens (including phenoxy) is 1. The van der Waals surface area contributed by atoms with Crippen molar-refractivity contribution in [3.05, 3.63) is 35.9 Å².